The third-order valence-electron chi connectivity index (χ3n) is 5.89. The molecule has 0 atom stereocenters. The molecule has 5 nitrogen and oxygen atoms in total. The van der Waals surface area contributed by atoms with Gasteiger partial charge in [-0.25, -0.2) is 0 Å². The molecule has 0 aliphatic heterocycles. The first kappa shape index (κ1) is 22.6. The highest BCUT2D eigenvalue weighted by molar-refractivity contribution is 7.10. The van der Waals surface area contributed by atoms with Crippen molar-refractivity contribution >= 4 is 23.2 Å². The van der Waals surface area contributed by atoms with Crippen LogP contribution in [0.4, 0.5) is 0 Å². The van der Waals surface area contributed by atoms with E-state index >= 15 is 0 Å². The summed E-state index contributed by atoms with van der Waals surface area (Å²) in [6.45, 7) is 5.73. The van der Waals surface area contributed by atoms with Gasteiger partial charge in [0, 0.05) is 36.4 Å². The molecule has 1 aliphatic carbocycles. The summed E-state index contributed by atoms with van der Waals surface area (Å²) in [6, 6.07) is 8.23. The third-order valence-corrected chi connectivity index (χ3v) is 6.77. The maximum atomic E-state index is 13.4. The quantitative estimate of drug-likeness (QED) is 0.590. The highest BCUT2D eigenvalue weighted by atomic mass is 32.1. The monoisotopic (exact) mass is 429 g/mol. The molecule has 1 fully saturated rings. The average molecular weight is 430 g/mol. The molecular formula is C24H35N3O2S. The summed E-state index contributed by atoms with van der Waals surface area (Å²) < 4.78 is 2.06. The van der Waals surface area contributed by atoms with E-state index in [2.05, 4.69) is 24.5 Å². The van der Waals surface area contributed by atoms with E-state index in [-0.39, 0.29) is 24.4 Å². The fraction of sp³-hybridized carbons (Fsp3) is 0.583. The van der Waals surface area contributed by atoms with Crippen molar-refractivity contribution in [2.45, 2.75) is 65.0 Å². The van der Waals surface area contributed by atoms with Gasteiger partial charge in [0.05, 0.1) is 13.0 Å². The minimum absolute atomic E-state index is 0.0509. The molecular weight excluding hydrogens is 394 g/mol. The van der Waals surface area contributed by atoms with Crippen molar-refractivity contribution < 1.29 is 9.59 Å². The van der Waals surface area contributed by atoms with Gasteiger partial charge < -0.3 is 14.4 Å². The lowest BCUT2D eigenvalue weighted by atomic mass is 9.94. The summed E-state index contributed by atoms with van der Waals surface area (Å²) in [6.07, 6.45) is 7.92. The van der Waals surface area contributed by atoms with Crippen LogP contribution in [0, 0.1) is 5.92 Å². The van der Waals surface area contributed by atoms with Gasteiger partial charge in [0.2, 0.25) is 11.8 Å². The van der Waals surface area contributed by atoms with E-state index in [4.69, 9.17) is 0 Å². The standard InChI is InChI=1S/C24H35N3O2S/c1-19(2)16-26(17-21-11-7-13-25(21)3)24(29)18-27(20-9-5-4-6-10-20)23(28)15-22-12-8-14-30-22/h7-8,11-14,19-20H,4-6,9-10,15-18H2,1-3H3. The van der Waals surface area contributed by atoms with Crippen LogP contribution in [0.2, 0.25) is 0 Å². The van der Waals surface area contributed by atoms with E-state index in [9.17, 15) is 9.59 Å². The van der Waals surface area contributed by atoms with Crippen LogP contribution in [0.5, 0.6) is 0 Å². The molecule has 3 rings (SSSR count). The molecule has 1 aliphatic rings. The maximum Gasteiger partial charge on any atom is 0.242 e. The zero-order valence-electron chi connectivity index (χ0n) is 18.5. The molecule has 0 unspecified atom stereocenters. The van der Waals surface area contributed by atoms with Crippen LogP contribution in [-0.4, -0.2) is 45.3 Å². The summed E-state index contributed by atoms with van der Waals surface area (Å²) in [4.78, 5) is 31.5. The summed E-state index contributed by atoms with van der Waals surface area (Å²) >= 11 is 1.61. The van der Waals surface area contributed by atoms with Gasteiger partial charge in [-0.05, 0) is 42.3 Å². The Labute approximate surface area is 184 Å². The fourth-order valence-corrected chi connectivity index (χ4v) is 4.97. The number of aromatic nitrogens is 1. The zero-order valence-corrected chi connectivity index (χ0v) is 19.4. The van der Waals surface area contributed by atoms with Crippen LogP contribution in [0.25, 0.3) is 0 Å². The number of aryl methyl sites for hydroxylation is 1. The second-order valence-electron chi connectivity index (χ2n) is 8.85. The molecule has 0 saturated heterocycles. The number of hydrogen-bond donors (Lipinski definition) is 0. The van der Waals surface area contributed by atoms with Crippen LogP contribution in [0.3, 0.4) is 0 Å². The van der Waals surface area contributed by atoms with Gasteiger partial charge in [-0.15, -0.1) is 11.3 Å². The van der Waals surface area contributed by atoms with Crippen molar-refractivity contribution in [1.82, 2.24) is 14.4 Å². The molecule has 2 heterocycles. The molecule has 30 heavy (non-hydrogen) atoms. The molecule has 0 radical (unpaired) electrons. The van der Waals surface area contributed by atoms with E-state index in [0.717, 1.165) is 36.3 Å². The Kier molecular flexibility index (Phi) is 8.14. The van der Waals surface area contributed by atoms with Gasteiger partial charge in [-0.2, -0.15) is 0 Å². The molecule has 0 spiro atoms. The van der Waals surface area contributed by atoms with Crippen LogP contribution in [-0.2, 0) is 29.6 Å². The van der Waals surface area contributed by atoms with Crippen molar-refractivity contribution in [2.75, 3.05) is 13.1 Å². The molecule has 2 aromatic heterocycles. The number of hydrogen-bond acceptors (Lipinski definition) is 3. The van der Waals surface area contributed by atoms with E-state index < -0.39 is 0 Å². The maximum absolute atomic E-state index is 13.4. The normalized spacial score (nSPS) is 14.8. The first-order valence-corrected chi connectivity index (χ1v) is 12.0. The minimum Gasteiger partial charge on any atom is -0.353 e. The molecule has 2 aromatic rings. The highest BCUT2D eigenvalue weighted by Gasteiger charge is 2.29. The molecule has 1 saturated carbocycles. The summed E-state index contributed by atoms with van der Waals surface area (Å²) in [5.74, 6) is 0.509. The zero-order chi connectivity index (χ0) is 21.5. The van der Waals surface area contributed by atoms with Crippen molar-refractivity contribution in [3.63, 3.8) is 0 Å². The Morgan fingerprint density at radius 2 is 1.90 bits per heavy atom. The Balaban J connectivity index is 1.74. The smallest absolute Gasteiger partial charge is 0.242 e. The van der Waals surface area contributed by atoms with Crippen LogP contribution < -0.4 is 0 Å². The van der Waals surface area contributed by atoms with Crippen molar-refractivity contribution in [3.05, 3.63) is 46.4 Å². The number of rotatable bonds is 9. The van der Waals surface area contributed by atoms with Gasteiger partial charge in [0.15, 0.2) is 0 Å². The Bertz CT molecular complexity index is 806. The molecule has 164 valence electrons. The van der Waals surface area contributed by atoms with Gasteiger partial charge in [-0.3, -0.25) is 9.59 Å². The molecule has 6 heteroatoms. The molecule has 0 aromatic carbocycles. The van der Waals surface area contributed by atoms with Crippen molar-refractivity contribution in [1.29, 1.82) is 0 Å². The van der Waals surface area contributed by atoms with Gasteiger partial charge >= 0.3 is 0 Å². The lowest BCUT2D eigenvalue weighted by Gasteiger charge is -2.36. The summed E-state index contributed by atoms with van der Waals surface area (Å²) in [5.41, 5.74) is 1.11. The van der Waals surface area contributed by atoms with Crippen LogP contribution in [0.1, 0.15) is 56.5 Å². The van der Waals surface area contributed by atoms with Crippen molar-refractivity contribution in [3.8, 4) is 0 Å². The average Bonchev–Trinajstić information content (AvgIpc) is 3.37. The highest BCUT2D eigenvalue weighted by Crippen LogP contribution is 2.24. The third kappa shape index (κ3) is 6.21. The molecule has 0 N–H and O–H groups in total. The summed E-state index contributed by atoms with van der Waals surface area (Å²) in [7, 11) is 2.01. The van der Waals surface area contributed by atoms with Crippen LogP contribution >= 0.6 is 11.3 Å². The second-order valence-corrected chi connectivity index (χ2v) is 9.88. The summed E-state index contributed by atoms with van der Waals surface area (Å²) in [5, 5.41) is 2.00. The van der Waals surface area contributed by atoms with E-state index in [1.165, 1.54) is 6.42 Å². The van der Waals surface area contributed by atoms with Gasteiger partial charge in [0.1, 0.15) is 6.54 Å². The number of carbonyl (C=O) groups is 2. The second kappa shape index (κ2) is 10.8. The lowest BCUT2D eigenvalue weighted by molar-refractivity contribution is -0.143. The topological polar surface area (TPSA) is 45.6 Å². The van der Waals surface area contributed by atoms with Crippen molar-refractivity contribution in [2.24, 2.45) is 13.0 Å². The number of carbonyl (C=O) groups excluding carboxylic acids is 2. The molecule has 2 amide bonds. The van der Waals surface area contributed by atoms with Gasteiger partial charge in [0.25, 0.3) is 0 Å². The van der Waals surface area contributed by atoms with Gasteiger partial charge in [-0.1, -0.05) is 39.2 Å². The van der Waals surface area contributed by atoms with E-state index in [0.29, 0.717) is 25.4 Å². The Hall–Kier alpha value is -2.08. The van der Waals surface area contributed by atoms with E-state index in [1.807, 2.05) is 46.6 Å². The first-order chi connectivity index (χ1) is 14.4. The Morgan fingerprint density at radius 3 is 2.50 bits per heavy atom. The fourth-order valence-electron chi connectivity index (χ4n) is 4.27. The largest absolute Gasteiger partial charge is 0.353 e. The number of nitrogens with zero attached hydrogens (tertiary/aromatic N) is 3. The SMILES string of the molecule is CC(C)CN(Cc1cccn1C)C(=O)CN(C(=O)Cc1cccs1)C1CCCCC1. The predicted octanol–water partition coefficient (Wildman–Crippen LogP) is 4.48. The lowest BCUT2D eigenvalue weighted by Crippen LogP contribution is -2.49. The van der Waals surface area contributed by atoms with Crippen LogP contribution in [0.15, 0.2) is 35.8 Å². The number of thiophene rings is 1. The predicted molar refractivity (Wildman–Crippen MR) is 122 cm³/mol. The minimum atomic E-state index is 0.0509. The Morgan fingerprint density at radius 1 is 1.13 bits per heavy atom. The van der Waals surface area contributed by atoms with E-state index in [1.54, 1.807) is 11.3 Å². The first-order valence-electron chi connectivity index (χ1n) is 11.1. The molecule has 0 bridgehead atoms. The number of amides is 2.